The lowest BCUT2D eigenvalue weighted by molar-refractivity contribution is -0.133. The van der Waals surface area contributed by atoms with Crippen molar-refractivity contribution in [2.24, 2.45) is 5.41 Å². The Morgan fingerprint density at radius 3 is 2.86 bits per heavy atom. The molecule has 0 unspecified atom stereocenters. The maximum atomic E-state index is 14.2. The number of thiophene rings is 1. The van der Waals surface area contributed by atoms with Gasteiger partial charge in [0.15, 0.2) is 0 Å². The molecule has 4 rings (SSSR count). The number of fused-ring (bicyclic) bond motifs is 1. The van der Waals surface area contributed by atoms with Gasteiger partial charge < -0.3 is 10.2 Å². The van der Waals surface area contributed by atoms with Crippen molar-refractivity contribution >= 4 is 23.2 Å². The van der Waals surface area contributed by atoms with E-state index in [1.807, 2.05) is 29.7 Å². The highest BCUT2D eigenvalue weighted by Crippen LogP contribution is 2.46. The van der Waals surface area contributed by atoms with Crippen molar-refractivity contribution in [3.05, 3.63) is 70.2 Å². The fourth-order valence-electron chi connectivity index (χ4n) is 4.48. The first kappa shape index (κ1) is 18.9. The molecule has 1 fully saturated rings. The van der Waals surface area contributed by atoms with Crippen molar-refractivity contribution in [1.29, 1.82) is 0 Å². The van der Waals surface area contributed by atoms with Gasteiger partial charge in [0.05, 0.1) is 17.5 Å². The number of nitrogens with zero attached hydrogens (tertiary/aromatic N) is 1. The number of hydrogen-bond donors (Lipinski definition) is 1. The molecule has 6 heteroatoms. The zero-order valence-corrected chi connectivity index (χ0v) is 16.4. The van der Waals surface area contributed by atoms with E-state index in [4.69, 9.17) is 0 Å². The van der Waals surface area contributed by atoms with Crippen LogP contribution < -0.4 is 5.32 Å². The fourth-order valence-corrected chi connectivity index (χ4v) is 5.13. The zero-order valence-electron chi connectivity index (χ0n) is 15.6. The molecule has 2 heterocycles. The van der Waals surface area contributed by atoms with Crippen LogP contribution in [-0.4, -0.2) is 29.3 Å². The van der Waals surface area contributed by atoms with E-state index in [1.165, 1.54) is 12.1 Å². The summed E-state index contributed by atoms with van der Waals surface area (Å²) < 4.78 is 14.2. The van der Waals surface area contributed by atoms with E-state index < -0.39 is 11.2 Å². The summed E-state index contributed by atoms with van der Waals surface area (Å²) in [7, 11) is 0. The van der Waals surface area contributed by atoms with Gasteiger partial charge in [0.25, 0.3) is 5.91 Å². The molecule has 146 valence electrons. The minimum absolute atomic E-state index is 0.0127. The minimum atomic E-state index is -0.648. The lowest BCUT2D eigenvalue weighted by Crippen LogP contribution is -2.53. The number of rotatable bonds is 4. The number of benzene rings is 1. The molecule has 28 heavy (non-hydrogen) atoms. The van der Waals surface area contributed by atoms with Gasteiger partial charge in [0.1, 0.15) is 5.82 Å². The molecule has 0 radical (unpaired) electrons. The molecule has 1 saturated carbocycles. The third-order valence-corrected chi connectivity index (χ3v) is 6.76. The Hall–Kier alpha value is -2.47. The first-order chi connectivity index (χ1) is 13.6. The molecule has 2 aromatic rings. The van der Waals surface area contributed by atoms with E-state index in [2.05, 4.69) is 5.32 Å². The van der Waals surface area contributed by atoms with Crippen LogP contribution in [0.2, 0.25) is 0 Å². The molecule has 0 bridgehead atoms. The number of carbonyl (C=O) groups excluding carboxylic acids is 2. The molecule has 0 spiro atoms. The maximum Gasteiger partial charge on any atom is 0.257 e. The molecule has 1 aromatic carbocycles. The number of allylic oxidation sites excluding steroid dienone is 1. The average Bonchev–Trinajstić information content (AvgIpc) is 3.34. The molecule has 2 aliphatic rings. The van der Waals surface area contributed by atoms with Crippen LogP contribution in [0.3, 0.4) is 0 Å². The van der Waals surface area contributed by atoms with Gasteiger partial charge in [0, 0.05) is 17.5 Å². The van der Waals surface area contributed by atoms with Crippen molar-refractivity contribution in [3.63, 3.8) is 0 Å². The normalized spacial score (nSPS) is 23.9. The van der Waals surface area contributed by atoms with E-state index in [0.29, 0.717) is 19.5 Å². The molecule has 4 nitrogen and oxygen atoms in total. The summed E-state index contributed by atoms with van der Waals surface area (Å²) in [6, 6.07) is 9.79. The zero-order chi connectivity index (χ0) is 19.6. The van der Waals surface area contributed by atoms with Gasteiger partial charge in [-0.05, 0) is 42.8 Å². The Morgan fingerprint density at radius 1 is 1.21 bits per heavy atom. The average molecular weight is 399 g/mol. The Kier molecular flexibility index (Phi) is 5.31. The lowest BCUT2D eigenvalue weighted by Gasteiger charge is -2.39. The van der Waals surface area contributed by atoms with Crippen LogP contribution in [-0.2, 0) is 11.3 Å². The second-order valence-electron chi connectivity index (χ2n) is 7.44. The summed E-state index contributed by atoms with van der Waals surface area (Å²) in [5.74, 6) is -0.875. The summed E-state index contributed by atoms with van der Waals surface area (Å²) in [4.78, 5) is 29.2. The topological polar surface area (TPSA) is 49.4 Å². The third-order valence-electron chi connectivity index (χ3n) is 5.89. The van der Waals surface area contributed by atoms with E-state index >= 15 is 0 Å². The molecule has 1 aromatic heterocycles. The molecule has 1 aliphatic carbocycles. The van der Waals surface area contributed by atoms with Crippen molar-refractivity contribution < 1.29 is 14.0 Å². The second kappa shape index (κ2) is 7.87. The quantitative estimate of drug-likeness (QED) is 0.787. The van der Waals surface area contributed by atoms with Crippen LogP contribution in [0, 0.1) is 11.2 Å². The Balaban J connectivity index is 1.60. The van der Waals surface area contributed by atoms with Crippen LogP contribution in [0.25, 0.3) is 0 Å². The number of halogens is 1. The monoisotopic (exact) mass is 398 g/mol. The number of carbonyl (C=O) groups is 2. The Labute approximate surface area is 168 Å². The SMILES string of the molecule is O=C(c1ccccc1F)N1CC=CC[C@@]2(C(=O)NCc3cccs3)CCC[C@@H]12. The smallest absolute Gasteiger partial charge is 0.257 e. The van der Waals surface area contributed by atoms with Crippen molar-refractivity contribution in [3.8, 4) is 0 Å². The molecule has 2 amide bonds. The highest BCUT2D eigenvalue weighted by molar-refractivity contribution is 7.09. The van der Waals surface area contributed by atoms with Crippen LogP contribution in [0.5, 0.6) is 0 Å². The summed E-state index contributed by atoms with van der Waals surface area (Å²) in [5.41, 5.74) is -0.580. The van der Waals surface area contributed by atoms with Gasteiger partial charge in [0.2, 0.25) is 5.91 Å². The van der Waals surface area contributed by atoms with Gasteiger partial charge in [-0.2, -0.15) is 0 Å². The van der Waals surface area contributed by atoms with Gasteiger partial charge >= 0.3 is 0 Å². The molecule has 1 aliphatic heterocycles. The van der Waals surface area contributed by atoms with Gasteiger partial charge in [-0.15, -0.1) is 11.3 Å². The van der Waals surface area contributed by atoms with Gasteiger partial charge in [-0.25, -0.2) is 4.39 Å². The molecule has 2 atom stereocenters. The minimum Gasteiger partial charge on any atom is -0.351 e. The summed E-state index contributed by atoms with van der Waals surface area (Å²) in [6.45, 7) is 0.897. The third kappa shape index (κ3) is 3.37. The largest absolute Gasteiger partial charge is 0.351 e. The number of hydrogen-bond acceptors (Lipinski definition) is 3. The first-order valence-corrected chi connectivity index (χ1v) is 10.5. The van der Waals surface area contributed by atoms with Crippen LogP contribution in [0.4, 0.5) is 4.39 Å². The fraction of sp³-hybridized carbons (Fsp3) is 0.364. The number of amides is 2. The maximum absolute atomic E-state index is 14.2. The molecular weight excluding hydrogens is 375 g/mol. The predicted octanol–water partition coefficient (Wildman–Crippen LogP) is 4.14. The van der Waals surface area contributed by atoms with E-state index in [9.17, 15) is 14.0 Å². The molecule has 0 saturated heterocycles. The van der Waals surface area contributed by atoms with Crippen LogP contribution in [0.1, 0.15) is 40.9 Å². The lowest BCUT2D eigenvalue weighted by atomic mass is 9.77. The first-order valence-electron chi connectivity index (χ1n) is 9.63. The summed E-state index contributed by atoms with van der Waals surface area (Å²) >= 11 is 1.61. The van der Waals surface area contributed by atoms with E-state index in [0.717, 1.165) is 24.1 Å². The highest BCUT2D eigenvalue weighted by atomic mass is 32.1. The van der Waals surface area contributed by atoms with Crippen molar-refractivity contribution in [2.45, 2.75) is 38.3 Å². The van der Waals surface area contributed by atoms with E-state index in [-0.39, 0.29) is 23.4 Å². The van der Waals surface area contributed by atoms with Gasteiger partial charge in [-0.3, -0.25) is 9.59 Å². The number of nitrogens with one attached hydrogen (secondary N) is 1. The standard InChI is InChI=1S/C22H23FN2O2S/c23-18-9-2-1-8-17(18)20(26)25-13-4-3-11-22(12-5-10-19(22)25)21(27)24-15-16-7-6-14-28-16/h1-4,6-9,14,19H,5,10-13,15H2,(H,24,27)/t19-,22-/m1/s1. The van der Waals surface area contributed by atoms with Crippen molar-refractivity contribution in [2.75, 3.05) is 6.54 Å². The highest BCUT2D eigenvalue weighted by Gasteiger charge is 2.52. The predicted molar refractivity (Wildman–Crippen MR) is 107 cm³/mol. The Bertz CT molecular complexity index is 896. The summed E-state index contributed by atoms with van der Waals surface area (Å²) in [5, 5.41) is 5.07. The van der Waals surface area contributed by atoms with E-state index in [1.54, 1.807) is 28.4 Å². The second-order valence-corrected chi connectivity index (χ2v) is 8.47. The Morgan fingerprint density at radius 2 is 2.07 bits per heavy atom. The van der Waals surface area contributed by atoms with Crippen LogP contribution in [0.15, 0.2) is 53.9 Å². The summed E-state index contributed by atoms with van der Waals surface area (Å²) in [6.07, 6.45) is 6.90. The molecular formula is C22H23FN2O2S. The van der Waals surface area contributed by atoms with Gasteiger partial charge in [-0.1, -0.05) is 36.8 Å². The van der Waals surface area contributed by atoms with Crippen LogP contribution >= 0.6 is 11.3 Å². The van der Waals surface area contributed by atoms with Crippen molar-refractivity contribution in [1.82, 2.24) is 10.2 Å². The molecule has 1 N–H and O–H groups in total.